The molecule has 3 aromatic heterocycles. The molecule has 3 N–H and O–H groups in total. The largest absolute Gasteiger partial charge is 0.444 e. The summed E-state index contributed by atoms with van der Waals surface area (Å²) in [6.45, 7) is 11.0. The van der Waals surface area contributed by atoms with Crippen LogP contribution in [0.1, 0.15) is 61.9 Å². The summed E-state index contributed by atoms with van der Waals surface area (Å²) in [4.78, 5) is 41.9. The van der Waals surface area contributed by atoms with Crippen molar-refractivity contribution in [1.82, 2.24) is 35.4 Å². The Morgan fingerprint density at radius 3 is 2.49 bits per heavy atom. The minimum absolute atomic E-state index is 0.140. The number of carbonyl (C=O) groups excluding carboxylic acids is 2. The summed E-state index contributed by atoms with van der Waals surface area (Å²) in [6, 6.07) is 19.8. The van der Waals surface area contributed by atoms with Gasteiger partial charge in [0, 0.05) is 53.8 Å². The molecule has 0 saturated carbocycles. The van der Waals surface area contributed by atoms with E-state index in [2.05, 4.69) is 39.7 Å². The maximum absolute atomic E-state index is 13.7. The van der Waals surface area contributed by atoms with E-state index in [0.717, 1.165) is 44.7 Å². The van der Waals surface area contributed by atoms with Crippen molar-refractivity contribution >= 4 is 28.7 Å². The number of aromatic amines is 1. The van der Waals surface area contributed by atoms with Crippen LogP contribution in [0, 0.1) is 0 Å². The number of ether oxygens (including phenoxy) is 1. The normalized spacial score (nSPS) is 13.3. The van der Waals surface area contributed by atoms with E-state index in [1.165, 1.54) is 0 Å². The Hall–Kier alpha value is -5.32. The van der Waals surface area contributed by atoms with Crippen molar-refractivity contribution in [2.45, 2.75) is 58.6 Å². The molecule has 2 amide bonds. The quantitative estimate of drug-likeness (QED) is 0.195. The van der Waals surface area contributed by atoms with Crippen molar-refractivity contribution in [2.75, 3.05) is 25.5 Å². The predicted molar refractivity (Wildman–Crippen MR) is 182 cm³/mol. The number of nitrogens with one attached hydrogen (secondary N) is 3. The molecule has 1 aliphatic heterocycles. The standard InChI is InChI=1S/C36H40N8O3/c1-35(2,3)47-34(46)39-21-36(4,5)25-13-11-22(12-14-25)28-18-29(43-42-28)33(45)44-16-15-26-30(20-44)40-31(41-32(26)37-6)24-17-23-9-7-8-10-27(23)38-19-24/h7-14,17-19H,15-16,20-21H2,1-6H3,(H,39,46)(H,42,43)(H,37,40,41). The Balaban J connectivity index is 1.15. The Labute approximate surface area is 274 Å². The van der Waals surface area contributed by atoms with Crippen LogP contribution in [0.15, 0.2) is 66.9 Å². The Morgan fingerprint density at radius 2 is 1.74 bits per heavy atom. The van der Waals surface area contributed by atoms with E-state index in [1.807, 2.05) is 82.4 Å². The maximum atomic E-state index is 13.7. The van der Waals surface area contributed by atoms with E-state index in [-0.39, 0.29) is 11.3 Å². The number of amides is 2. The van der Waals surface area contributed by atoms with Gasteiger partial charge in [0.1, 0.15) is 17.1 Å². The number of anilines is 1. The highest BCUT2D eigenvalue weighted by Crippen LogP contribution is 2.30. The average Bonchev–Trinajstić information content (AvgIpc) is 3.56. The first kappa shape index (κ1) is 31.7. The second-order valence-corrected chi connectivity index (χ2v) is 13.4. The van der Waals surface area contributed by atoms with Gasteiger partial charge in [-0.1, -0.05) is 56.3 Å². The number of H-pyrrole nitrogens is 1. The Kier molecular flexibility index (Phi) is 8.40. The lowest BCUT2D eigenvalue weighted by molar-refractivity contribution is 0.0517. The molecule has 0 atom stereocenters. The van der Waals surface area contributed by atoms with Crippen LogP contribution in [0.25, 0.3) is 33.5 Å². The van der Waals surface area contributed by atoms with Crippen LogP contribution in [-0.4, -0.2) is 67.8 Å². The molecular weight excluding hydrogens is 592 g/mol. The summed E-state index contributed by atoms with van der Waals surface area (Å²) in [7, 11) is 1.85. The SMILES string of the molecule is CNc1nc(-c2cnc3ccccc3c2)nc2c1CCN(C(=O)c1cc(-c3ccc(C(C)(C)CNC(=O)OC(C)(C)C)cc3)n[nH]1)C2. The fourth-order valence-electron chi connectivity index (χ4n) is 5.68. The van der Waals surface area contributed by atoms with E-state index in [1.54, 1.807) is 17.2 Å². The third-order valence-corrected chi connectivity index (χ3v) is 8.28. The van der Waals surface area contributed by atoms with Gasteiger partial charge in [0.25, 0.3) is 5.91 Å². The number of fused-ring (bicyclic) bond motifs is 2. The topological polar surface area (TPSA) is 138 Å². The van der Waals surface area contributed by atoms with Gasteiger partial charge in [0.2, 0.25) is 0 Å². The van der Waals surface area contributed by atoms with Gasteiger partial charge < -0.3 is 20.3 Å². The highest BCUT2D eigenvalue weighted by Gasteiger charge is 2.28. The Morgan fingerprint density at radius 1 is 0.979 bits per heavy atom. The highest BCUT2D eigenvalue weighted by atomic mass is 16.6. The van der Waals surface area contributed by atoms with E-state index in [9.17, 15) is 9.59 Å². The van der Waals surface area contributed by atoms with Gasteiger partial charge in [-0.05, 0) is 51.0 Å². The van der Waals surface area contributed by atoms with Gasteiger partial charge in [-0.2, -0.15) is 5.10 Å². The van der Waals surface area contributed by atoms with Crippen LogP contribution >= 0.6 is 0 Å². The van der Waals surface area contributed by atoms with Crippen LogP contribution in [0.4, 0.5) is 10.6 Å². The molecule has 0 saturated heterocycles. The minimum atomic E-state index is -0.553. The molecule has 0 unspecified atom stereocenters. The molecular formula is C36H40N8O3. The molecule has 6 rings (SSSR count). The van der Waals surface area contributed by atoms with Gasteiger partial charge >= 0.3 is 6.09 Å². The molecule has 4 heterocycles. The van der Waals surface area contributed by atoms with Crippen molar-refractivity contribution < 1.29 is 14.3 Å². The molecule has 47 heavy (non-hydrogen) atoms. The summed E-state index contributed by atoms with van der Waals surface area (Å²) < 4.78 is 5.37. The first-order chi connectivity index (χ1) is 22.4. The van der Waals surface area contributed by atoms with Gasteiger partial charge in [-0.15, -0.1) is 0 Å². The number of hydrogen-bond acceptors (Lipinski definition) is 8. The van der Waals surface area contributed by atoms with Crippen molar-refractivity contribution in [3.8, 4) is 22.6 Å². The van der Waals surface area contributed by atoms with E-state index < -0.39 is 11.7 Å². The zero-order chi connectivity index (χ0) is 33.3. The third-order valence-electron chi connectivity index (χ3n) is 8.28. The first-order valence-corrected chi connectivity index (χ1v) is 15.8. The van der Waals surface area contributed by atoms with E-state index in [0.29, 0.717) is 43.3 Å². The lowest BCUT2D eigenvalue weighted by Gasteiger charge is -2.29. The summed E-state index contributed by atoms with van der Waals surface area (Å²) in [5.74, 6) is 1.19. The Bertz CT molecular complexity index is 1940. The number of para-hydroxylation sites is 1. The third kappa shape index (κ3) is 6.94. The number of nitrogens with zero attached hydrogens (tertiary/aromatic N) is 5. The van der Waals surface area contributed by atoms with Crippen molar-refractivity contribution in [3.05, 3.63) is 89.4 Å². The van der Waals surface area contributed by atoms with Gasteiger partial charge in [-0.3, -0.25) is 14.9 Å². The summed E-state index contributed by atoms with van der Waals surface area (Å²) in [6.07, 6.45) is 1.98. The van der Waals surface area contributed by atoms with E-state index >= 15 is 0 Å². The van der Waals surface area contributed by atoms with Crippen LogP contribution in [0.2, 0.25) is 0 Å². The van der Waals surface area contributed by atoms with Crippen LogP contribution in [-0.2, 0) is 23.1 Å². The summed E-state index contributed by atoms with van der Waals surface area (Å²) in [5, 5.41) is 14.5. The molecule has 0 bridgehead atoms. The molecule has 5 aromatic rings. The highest BCUT2D eigenvalue weighted by molar-refractivity contribution is 5.93. The molecule has 0 spiro atoms. The molecule has 0 radical (unpaired) electrons. The molecule has 2 aromatic carbocycles. The van der Waals surface area contributed by atoms with Gasteiger partial charge in [0.15, 0.2) is 5.82 Å². The molecule has 11 heteroatoms. The maximum Gasteiger partial charge on any atom is 0.407 e. The van der Waals surface area contributed by atoms with Gasteiger partial charge in [-0.25, -0.2) is 14.8 Å². The number of rotatable bonds is 7. The molecule has 242 valence electrons. The van der Waals surface area contributed by atoms with Crippen molar-refractivity contribution in [2.24, 2.45) is 0 Å². The first-order valence-electron chi connectivity index (χ1n) is 15.8. The van der Waals surface area contributed by atoms with Crippen molar-refractivity contribution in [1.29, 1.82) is 0 Å². The smallest absolute Gasteiger partial charge is 0.407 e. The van der Waals surface area contributed by atoms with Crippen LogP contribution < -0.4 is 10.6 Å². The zero-order valence-corrected chi connectivity index (χ0v) is 27.6. The molecule has 1 aliphatic rings. The average molecular weight is 633 g/mol. The number of alkyl carbamates (subject to hydrolysis) is 1. The molecule has 11 nitrogen and oxygen atoms in total. The number of pyridine rings is 1. The second-order valence-electron chi connectivity index (χ2n) is 13.4. The number of aromatic nitrogens is 5. The number of carbonyl (C=O) groups is 2. The monoisotopic (exact) mass is 632 g/mol. The minimum Gasteiger partial charge on any atom is -0.444 e. The van der Waals surface area contributed by atoms with Crippen molar-refractivity contribution in [3.63, 3.8) is 0 Å². The predicted octanol–water partition coefficient (Wildman–Crippen LogP) is 6.12. The van der Waals surface area contributed by atoms with Gasteiger partial charge in [0.05, 0.1) is 23.4 Å². The molecule has 0 aliphatic carbocycles. The second kappa shape index (κ2) is 12.5. The lowest BCUT2D eigenvalue weighted by atomic mass is 9.84. The lowest BCUT2D eigenvalue weighted by Crippen LogP contribution is -2.39. The van der Waals surface area contributed by atoms with Crippen LogP contribution in [0.3, 0.4) is 0 Å². The van der Waals surface area contributed by atoms with Crippen LogP contribution in [0.5, 0.6) is 0 Å². The summed E-state index contributed by atoms with van der Waals surface area (Å²) in [5.41, 5.74) is 5.70. The fourth-order valence-corrected chi connectivity index (χ4v) is 5.68. The summed E-state index contributed by atoms with van der Waals surface area (Å²) >= 11 is 0. The number of benzene rings is 2. The fraction of sp³-hybridized carbons (Fsp3) is 0.333. The zero-order valence-electron chi connectivity index (χ0n) is 27.6. The molecule has 0 fully saturated rings. The number of hydrogen-bond donors (Lipinski definition) is 3. The van der Waals surface area contributed by atoms with E-state index in [4.69, 9.17) is 14.7 Å².